The van der Waals surface area contributed by atoms with Crippen LogP contribution in [-0.2, 0) is 9.47 Å². The summed E-state index contributed by atoms with van der Waals surface area (Å²) in [6.45, 7) is 2.74. The van der Waals surface area contributed by atoms with E-state index in [1.807, 2.05) is 14.1 Å². The maximum atomic E-state index is 11.3. The van der Waals surface area contributed by atoms with Crippen LogP contribution in [0.15, 0.2) is 12.4 Å². The van der Waals surface area contributed by atoms with Gasteiger partial charge in [-0.3, -0.25) is 4.98 Å². The van der Waals surface area contributed by atoms with Crippen molar-refractivity contribution in [1.82, 2.24) is 14.9 Å². The van der Waals surface area contributed by atoms with E-state index in [1.54, 1.807) is 6.20 Å². The summed E-state index contributed by atoms with van der Waals surface area (Å²) in [6, 6.07) is 0. The lowest BCUT2D eigenvalue weighted by Crippen LogP contribution is -2.20. The highest BCUT2D eigenvalue weighted by atomic mass is 16.5. The molecule has 0 aliphatic carbocycles. The molecule has 0 radical (unpaired) electrons. The molecule has 0 aliphatic rings. The first-order chi connectivity index (χ1) is 9.13. The number of methoxy groups -OCH3 is 1. The van der Waals surface area contributed by atoms with Gasteiger partial charge in [0.1, 0.15) is 5.82 Å². The number of carbonyl (C=O) groups excluding carboxylic acids is 1. The number of esters is 1. The minimum atomic E-state index is -0.501. The van der Waals surface area contributed by atoms with E-state index in [4.69, 9.17) is 4.74 Å². The van der Waals surface area contributed by atoms with Crippen LogP contribution in [-0.4, -0.2) is 68.3 Å². The van der Waals surface area contributed by atoms with Crippen molar-refractivity contribution in [2.45, 2.75) is 0 Å². The maximum Gasteiger partial charge on any atom is 0.358 e. The van der Waals surface area contributed by atoms with Crippen molar-refractivity contribution < 1.29 is 14.3 Å². The standard InChI is InChI=1S/C12H20N4O3/c1-16(2)5-7-19-6-4-14-11-9-13-8-10(15-11)12(17)18-3/h8-9H,4-7H2,1-3H3,(H,14,15). The Labute approximate surface area is 112 Å². The third-order valence-electron chi connectivity index (χ3n) is 2.26. The van der Waals surface area contributed by atoms with E-state index < -0.39 is 5.97 Å². The fourth-order valence-electron chi connectivity index (χ4n) is 1.25. The molecule has 7 heteroatoms. The third-order valence-corrected chi connectivity index (χ3v) is 2.26. The lowest BCUT2D eigenvalue weighted by Gasteiger charge is -2.10. The SMILES string of the molecule is COC(=O)c1cncc(NCCOCCN(C)C)n1. The molecule has 0 aromatic carbocycles. The highest BCUT2D eigenvalue weighted by molar-refractivity contribution is 5.87. The number of nitrogens with zero attached hydrogens (tertiary/aromatic N) is 3. The van der Waals surface area contributed by atoms with Crippen molar-refractivity contribution in [3.8, 4) is 0 Å². The van der Waals surface area contributed by atoms with Gasteiger partial charge in [0.25, 0.3) is 0 Å². The second kappa shape index (κ2) is 8.39. The second-order valence-corrected chi connectivity index (χ2v) is 4.12. The number of hydrogen-bond acceptors (Lipinski definition) is 7. The molecule has 0 unspecified atom stereocenters. The first kappa shape index (κ1) is 15.3. The number of rotatable bonds is 8. The number of nitrogens with one attached hydrogen (secondary N) is 1. The summed E-state index contributed by atoms with van der Waals surface area (Å²) in [5.74, 6) is 0.0255. The van der Waals surface area contributed by atoms with Gasteiger partial charge in [-0.1, -0.05) is 0 Å². The number of aromatic nitrogens is 2. The molecule has 1 N–H and O–H groups in total. The highest BCUT2D eigenvalue weighted by Gasteiger charge is 2.07. The highest BCUT2D eigenvalue weighted by Crippen LogP contribution is 2.02. The van der Waals surface area contributed by atoms with E-state index in [-0.39, 0.29) is 5.69 Å². The van der Waals surface area contributed by atoms with E-state index in [9.17, 15) is 4.79 Å². The molecule has 0 saturated heterocycles. The topological polar surface area (TPSA) is 76.6 Å². The van der Waals surface area contributed by atoms with Gasteiger partial charge in [0, 0.05) is 13.1 Å². The van der Waals surface area contributed by atoms with Gasteiger partial charge < -0.3 is 19.7 Å². The molecule has 7 nitrogen and oxygen atoms in total. The summed E-state index contributed by atoms with van der Waals surface area (Å²) < 4.78 is 9.99. The molecule has 1 aromatic heterocycles. The zero-order valence-electron chi connectivity index (χ0n) is 11.5. The molecule has 19 heavy (non-hydrogen) atoms. The zero-order chi connectivity index (χ0) is 14.1. The molecule has 0 fully saturated rings. The predicted molar refractivity (Wildman–Crippen MR) is 71.2 cm³/mol. The van der Waals surface area contributed by atoms with Crippen LogP contribution < -0.4 is 5.32 Å². The average molecular weight is 268 g/mol. The summed E-state index contributed by atoms with van der Waals surface area (Å²) in [4.78, 5) is 21.3. The molecule has 0 amide bonds. The quantitative estimate of drug-likeness (QED) is 0.535. The molecule has 1 rings (SSSR count). The predicted octanol–water partition coefficient (Wildman–Crippen LogP) is 0.253. The van der Waals surface area contributed by atoms with Gasteiger partial charge in [-0.2, -0.15) is 0 Å². The summed E-state index contributed by atoms with van der Waals surface area (Å²) in [7, 11) is 5.30. The van der Waals surface area contributed by atoms with Crippen LogP contribution in [0.2, 0.25) is 0 Å². The molecule has 1 heterocycles. The molecule has 0 saturated carbocycles. The van der Waals surface area contributed by atoms with Crippen LogP contribution in [0.25, 0.3) is 0 Å². The minimum Gasteiger partial charge on any atom is -0.464 e. The first-order valence-corrected chi connectivity index (χ1v) is 6.00. The van der Waals surface area contributed by atoms with Crippen LogP contribution in [0.1, 0.15) is 10.5 Å². The van der Waals surface area contributed by atoms with Gasteiger partial charge in [-0.15, -0.1) is 0 Å². The molecule has 0 spiro atoms. The van der Waals surface area contributed by atoms with Crippen molar-refractivity contribution in [3.05, 3.63) is 18.1 Å². The van der Waals surface area contributed by atoms with Crippen molar-refractivity contribution >= 4 is 11.8 Å². The summed E-state index contributed by atoms with van der Waals surface area (Å²) in [5.41, 5.74) is 0.182. The maximum absolute atomic E-state index is 11.3. The Morgan fingerprint density at radius 2 is 2.16 bits per heavy atom. The number of carbonyl (C=O) groups is 1. The lowest BCUT2D eigenvalue weighted by molar-refractivity contribution is 0.0593. The summed E-state index contributed by atoms with van der Waals surface area (Å²) in [6.07, 6.45) is 2.91. The Hall–Kier alpha value is -1.73. The van der Waals surface area contributed by atoms with Crippen molar-refractivity contribution in [1.29, 1.82) is 0 Å². The van der Waals surface area contributed by atoms with E-state index in [0.29, 0.717) is 25.6 Å². The Morgan fingerprint density at radius 1 is 1.37 bits per heavy atom. The van der Waals surface area contributed by atoms with Crippen molar-refractivity contribution in [2.75, 3.05) is 52.8 Å². The van der Waals surface area contributed by atoms with E-state index >= 15 is 0 Å². The molecular formula is C12H20N4O3. The zero-order valence-corrected chi connectivity index (χ0v) is 11.5. The monoisotopic (exact) mass is 268 g/mol. The Bertz CT molecular complexity index is 398. The smallest absolute Gasteiger partial charge is 0.358 e. The molecule has 0 bridgehead atoms. The van der Waals surface area contributed by atoms with Crippen LogP contribution in [0, 0.1) is 0 Å². The number of likely N-dealkylation sites (N-methyl/N-ethyl adjacent to an activating group) is 1. The fraction of sp³-hybridized carbons (Fsp3) is 0.583. The van der Waals surface area contributed by atoms with E-state index in [1.165, 1.54) is 13.3 Å². The molecule has 1 aromatic rings. The van der Waals surface area contributed by atoms with Crippen LogP contribution in [0.3, 0.4) is 0 Å². The Balaban J connectivity index is 2.27. The molecular weight excluding hydrogens is 248 g/mol. The van der Waals surface area contributed by atoms with Gasteiger partial charge in [-0.25, -0.2) is 9.78 Å². The van der Waals surface area contributed by atoms with Crippen LogP contribution >= 0.6 is 0 Å². The van der Waals surface area contributed by atoms with Gasteiger partial charge in [0.05, 0.1) is 32.7 Å². The Morgan fingerprint density at radius 3 is 2.84 bits per heavy atom. The minimum absolute atomic E-state index is 0.182. The van der Waals surface area contributed by atoms with Gasteiger partial charge in [0.2, 0.25) is 0 Å². The van der Waals surface area contributed by atoms with Crippen molar-refractivity contribution in [2.24, 2.45) is 0 Å². The van der Waals surface area contributed by atoms with Gasteiger partial charge >= 0.3 is 5.97 Å². The van der Waals surface area contributed by atoms with Gasteiger partial charge in [0.15, 0.2) is 5.69 Å². The largest absolute Gasteiger partial charge is 0.464 e. The fourth-order valence-corrected chi connectivity index (χ4v) is 1.25. The number of anilines is 1. The Kier molecular flexibility index (Phi) is 6.76. The van der Waals surface area contributed by atoms with E-state index in [2.05, 4.69) is 24.9 Å². The number of ether oxygens (including phenoxy) is 2. The third kappa shape index (κ3) is 6.12. The summed E-state index contributed by atoms with van der Waals surface area (Å²) >= 11 is 0. The second-order valence-electron chi connectivity index (χ2n) is 4.12. The van der Waals surface area contributed by atoms with E-state index in [0.717, 1.165) is 6.54 Å². The number of hydrogen-bond donors (Lipinski definition) is 1. The first-order valence-electron chi connectivity index (χ1n) is 6.00. The average Bonchev–Trinajstić information content (AvgIpc) is 2.41. The molecule has 0 aliphatic heterocycles. The molecule has 106 valence electrons. The summed E-state index contributed by atoms with van der Waals surface area (Å²) in [5, 5.41) is 3.03. The normalized spacial score (nSPS) is 10.5. The van der Waals surface area contributed by atoms with Crippen LogP contribution in [0.4, 0.5) is 5.82 Å². The molecule has 0 atom stereocenters. The van der Waals surface area contributed by atoms with Gasteiger partial charge in [-0.05, 0) is 14.1 Å². The van der Waals surface area contributed by atoms with Crippen LogP contribution in [0.5, 0.6) is 0 Å². The van der Waals surface area contributed by atoms with Crippen molar-refractivity contribution in [3.63, 3.8) is 0 Å². The lowest BCUT2D eigenvalue weighted by atomic mass is 10.4.